The fraction of sp³-hybridized carbons (Fsp3) is 0.278. The highest BCUT2D eigenvalue weighted by Gasteiger charge is 2.27. The molecule has 0 bridgehead atoms. The van der Waals surface area contributed by atoms with Gasteiger partial charge < -0.3 is 4.90 Å². The minimum atomic E-state index is -0.355. The van der Waals surface area contributed by atoms with Crippen molar-refractivity contribution in [2.75, 3.05) is 13.1 Å². The quantitative estimate of drug-likeness (QED) is 0.723. The lowest BCUT2D eigenvalue weighted by atomic mass is 10.0. The molecule has 7 nitrogen and oxygen atoms in total. The van der Waals surface area contributed by atoms with Crippen LogP contribution in [0, 0.1) is 5.82 Å². The van der Waals surface area contributed by atoms with Crippen LogP contribution in [0.4, 0.5) is 4.39 Å². The van der Waals surface area contributed by atoms with Gasteiger partial charge in [-0.05, 0) is 54.5 Å². The first kappa shape index (κ1) is 16.3. The maximum absolute atomic E-state index is 13.1. The Balaban J connectivity index is 1.49. The number of amides is 1. The molecule has 1 atom stereocenters. The molecule has 0 aliphatic carbocycles. The number of carbonyl (C=O) groups excluding carboxylic acids is 1. The zero-order chi connectivity index (χ0) is 17.9. The van der Waals surface area contributed by atoms with Crippen LogP contribution in [-0.4, -0.2) is 49.1 Å². The summed E-state index contributed by atoms with van der Waals surface area (Å²) in [6, 6.07) is 11.1. The Labute approximate surface area is 149 Å². The third-order valence-electron chi connectivity index (χ3n) is 4.42. The van der Waals surface area contributed by atoms with Crippen LogP contribution in [0.25, 0.3) is 11.5 Å². The number of aromatic nitrogens is 5. The van der Waals surface area contributed by atoms with E-state index in [1.807, 2.05) is 18.2 Å². The van der Waals surface area contributed by atoms with Gasteiger partial charge in [-0.15, -0.1) is 10.2 Å². The Morgan fingerprint density at radius 3 is 2.77 bits per heavy atom. The molecular weight excluding hydrogens is 335 g/mol. The van der Waals surface area contributed by atoms with Gasteiger partial charge in [0.1, 0.15) is 11.5 Å². The van der Waals surface area contributed by atoms with E-state index in [0.717, 1.165) is 12.8 Å². The Morgan fingerprint density at radius 1 is 1.15 bits per heavy atom. The molecule has 4 rings (SSSR count). The van der Waals surface area contributed by atoms with Crippen molar-refractivity contribution in [3.63, 3.8) is 0 Å². The Kier molecular flexibility index (Phi) is 4.39. The summed E-state index contributed by atoms with van der Waals surface area (Å²) in [7, 11) is 0. The number of piperidine rings is 1. The first-order valence-corrected chi connectivity index (χ1v) is 8.46. The van der Waals surface area contributed by atoms with Crippen LogP contribution in [0.2, 0.25) is 0 Å². The molecule has 26 heavy (non-hydrogen) atoms. The van der Waals surface area contributed by atoms with Crippen molar-refractivity contribution in [3.8, 4) is 11.5 Å². The molecule has 1 aromatic carbocycles. The fourth-order valence-corrected chi connectivity index (χ4v) is 3.08. The third kappa shape index (κ3) is 3.30. The first-order valence-electron chi connectivity index (χ1n) is 8.46. The molecule has 1 aliphatic rings. The van der Waals surface area contributed by atoms with E-state index in [4.69, 9.17) is 0 Å². The number of nitrogens with zero attached hydrogens (tertiary/aromatic N) is 6. The van der Waals surface area contributed by atoms with Gasteiger partial charge in [0, 0.05) is 24.8 Å². The van der Waals surface area contributed by atoms with Gasteiger partial charge in [-0.2, -0.15) is 4.80 Å². The molecule has 0 N–H and O–H groups in total. The smallest absolute Gasteiger partial charge is 0.253 e. The van der Waals surface area contributed by atoms with Crippen molar-refractivity contribution >= 4 is 5.91 Å². The number of hydrogen-bond donors (Lipinski definition) is 0. The number of carbonyl (C=O) groups is 1. The topological polar surface area (TPSA) is 76.8 Å². The molecule has 1 amide bonds. The van der Waals surface area contributed by atoms with Crippen molar-refractivity contribution in [1.82, 2.24) is 30.1 Å². The van der Waals surface area contributed by atoms with E-state index in [1.165, 1.54) is 24.3 Å². The summed E-state index contributed by atoms with van der Waals surface area (Å²) in [6.45, 7) is 1.16. The van der Waals surface area contributed by atoms with Crippen molar-refractivity contribution in [2.45, 2.75) is 18.9 Å². The predicted octanol–water partition coefficient (Wildman–Crippen LogP) is 2.35. The standard InChI is InChI=1S/C18H17FN6O/c19-14-8-6-13(7-9-14)18(26)24-11-3-4-15(12-24)25-22-17(21-23-25)16-5-1-2-10-20-16/h1-2,5-10,15H,3-4,11-12H2. The molecule has 132 valence electrons. The molecule has 1 saturated heterocycles. The highest BCUT2D eigenvalue weighted by Crippen LogP contribution is 2.22. The monoisotopic (exact) mass is 352 g/mol. The van der Waals surface area contributed by atoms with E-state index in [9.17, 15) is 9.18 Å². The van der Waals surface area contributed by atoms with Crippen LogP contribution in [0.1, 0.15) is 29.2 Å². The second kappa shape index (κ2) is 6.99. The first-order chi connectivity index (χ1) is 12.7. The van der Waals surface area contributed by atoms with E-state index >= 15 is 0 Å². The molecule has 0 radical (unpaired) electrons. The van der Waals surface area contributed by atoms with Crippen molar-refractivity contribution in [1.29, 1.82) is 0 Å². The normalized spacial score (nSPS) is 17.3. The third-order valence-corrected chi connectivity index (χ3v) is 4.42. The van der Waals surface area contributed by atoms with Crippen LogP contribution in [0.15, 0.2) is 48.7 Å². The number of likely N-dealkylation sites (tertiary alicyclic amines) is 1. The van der Waals surface area contributed by atoms with Crippen molar-refractivity contribution < 1.29 is 9.18 Å². The molecule has 3 heterocycles. The zero-order valence-corrected chi connectivity index (χ0v) is 14.0. The van der Waals surface area contributed by atoms with E-state index in [1.54, 1.807) is 15.9 Å². The number of rotatable bonds is 3. The molecule has 8 heteroatoms. The van der Waals surface area contributed by atoms with Crippen LogP contribution in [-0.2, 0) is 0 Å². The molecule has 1 aliphatic heterocycles. The Morgan fingerprint density at radius 2 is 2.00 bits per heavy atom. The second-order valence-corrected chi connectivity index (χ2v) is 6.20. The molecule has 1 fully saturated rings. The number of benzene rings is 1. The van der Waals surface area contributed by atoms with Gasteiger partial charge in [-0.25, -0.2) is 4.39 Å². The van der Waals surface area contributed by atoms with Crippen LogP contribution in [0.5, 0.6) is 0 Å². The highest BCUT2D eigenvalue weighted by molar-refractivity contribution is 5.94. The lowest BCUT2D eigenvalue weighted by Gasteiger charge is -2.31. The summed E-state index contributed by atoms with van der Waals surface area (Å²) in [5.74, 6) is -0.000661. The van der Waals surface area contributed by atoms with E-state index < -0.39 is 0 Å². The Bertz CT molecular complexity index is 896. The maximum Gasteiger partial charge on any atom is 0.253 e. The highest BCUT2D eigenvalue weighted by atomic mass is 19.1. The van der Waals surface area contributed by atoms with E-state index in [-0.39, 0.29) is 17.8 Å². The maximum atomic E-state index is 13.1. The molecule has 0 spiro atoms. The van der Waals surface area contributed by atoms with Crippen LogP contribution < -0.4 is 0 Å². The summed E-state index contributed by atoms with van der Waals surface area (Å²) < 4.78 is 13.1. The van der Waals surface area contributed by atoms with Crippen LogP contribution in [0.3, 0.4) is 0 Å². The minimum absolute atomic E-state index is 0.0434. The Hall–Kier alpha value is -3.16. The molecule has 3 aromatic rings. The predicted molar refractivity (Wildman–Crippen MR) is 91.6 cm³/mol. The lowest BCUT2D eigenvalue weighted by Crippen LogP contribution is -2.41. The van der Waals surface area contributed by atoms with Gasteiger partial charge >= 0.3 is 0 Å². The van der Waals surface area contributed by atoms with Gasteiger partial charge in [0.15, 0.2) is 0 Å². The van der Waals surface area contributed by atoms with Gasteiger partial charge in [-0.3, -0.25) is 9.78 Å². The van der Waals surface area contributed by atoms with Gasteiger partial charge in [-0.1, -0.05) is 6.07 Å². The summed E-state index contributed by atoms with van der Waals surface area (Å²) in [5, 5.41) is 12.6. The van der Waals surface area contributed by atoms with Gasteiger partial charge in [0.25, 0.3) is 5.91 Å². The summed E-state index contributed by atoms with van der Waals surface area (Å²) >= 11 is 0. The van der Waals surface area contributed by atoms with E-state index in [2.05, 4.69) is 20.4 Å². The van der Waals surface area contributed by atoms with Crippen molar-refractivity contribution in [3.05, 3.63) is 60.0 Å². The molecule has 1 unspecified atom stereocenters. The van der Waals surface area contributed by atoms with E-state index in [0.29, 0.717) is 30.2 Å². The number of tetrazole rings is 1. The molecule has 2 aromatic heterocycles. The zero-order valence-electron chi connectivity index (χ0n) is 14.0. The van der Waals surface area contributed by atoms with Gasteiger partial charge in [0.05, 0.1) is 6.04 Å². The summed E-state index contributed by atoms with van der Waals surface area (Å²) in [4.78, 5) is 20.2. The average molecular weight is 352 g/mol. The minimum Gasteiger partial charge on any atom is -0.336 e. The SMILES string of the molecule is O=C(c1ccc(F)cc1)N1CCCC(n2nnc(-c3ccccn3)n2)C1. The average Bonchev–Trinajstić information content (AvgIpc) is 3.19. The summed E-state index contributed by atoms with van der Waals surface area (Å²) in [6.07, 6.45) is 3.39. The second-order valence-electron chi connectivity index (χ2n) is 6.20. The largest absolute Gasteiger partial charge is 0.336 e. The lowest BCUT2D eigenvalue weighted by molar-refractivity contribution is 0.0663. The number of hydrogen-bond acceptors (Lipinski definition) is 5. The molecule has 0 saturated carbocycles. The van der Waals surface area contributed by atoms with Crippen molar-refractivity contribution in [2.24, 2.45) is 0 Å². The number of halogens is 1. The fourth-order valence-electron chi connectivity index (χ4n) is 3.08. The van der Waals surface area contributed by atoms with Crippen LogP contribution >= 0.6 is 0 Å². The van der Waals surface area contributed by atoms with Gasteiger partial charge in [0.2, 0.25) is 5.82 Å². The number of pyridine rings is 1. The molecular formula is C18H17FN6O. The summed E-state index contributed by atoms with van der Waals surface area (Å²) in [5.41, 5.74) is 1.14.